The number of nitrogens with two attached hydrogens (primary N) is 1. The van der Waals surface area contributed by atoms with E-state index in [0.29, 0.717) is 18.3 Å². The van der Waals surface area contributed by atoms with E-state index >= 15 is 0 Å². The third-order valence-electron chi connectivity index (χ3n) is 3.63. The highest BCUT2D eigenvalue weighted by Gasteiger charge is 2.24. The minimum atomic E-state index is 0.146. The highest BCUT2D eigenvalue weighted by Crippen LogP contribution is 2.22. The second kappa shape index (κ2) is 5.89. The van der Waals surface area contributed by atoms with Gasteiger partial charge in [-0.3, -0.25) is 9.48 Å². The number of carbonyl (C=O) groups excluding carboxylic acids is 1. The van der Waals surface area contributed by atoms with Gasteiger partial charge in [0.15, 0.2) is 0 Å². The van der Waals surface area contributed by atoms with Gasteiger partial charge in [0.1, 0.15) is 6.54 Å². The summed E-state index contributed by atoms with van der Waals surface area (Å²) in [6.07, 6.45) is 9.34. The Morgan fingerprint density at radius 2 is 2.22 bits per heavy atom. The summed E-state index contributed by atoms with van der Waals surface area (Å²) in [4.78, 5) is 14.3. The van der Waals surface area contributed by atoms with Crippen molar-refractivity contribution in [2.24, 2.45) is 0 Å². The molecule has 100 valence electrons. The van der Waals surface area contributed by atoms with E-state index in [9.17, 15) is 4.79 Å². The number of likely N-dealkylation sites (N-methyl/N-ethyl adjacent to an activating group) is 1. The first kappa shape index (κ1) is 12.9. The van der Waals surface area contributed by atoms with Crippen molar-refractivity contribution in [3.63, 3.8) is 0 Å². The summed E-state index contributed by atoms with van der Waals surface area (Å²) in [7, 11) is 0. The van der Waals surface area contributed by atoms with Gasteiger partial charge in [0.05, 0.1) is 11.9 Å². The molecule has 5 heteroatoms. The zero-order chi connectivity index (χ0) is 13.0. The number of hydrogen-bond donors (Lipinski definition) is 1. The maximum atomic E-state index is 12.3. The number of aromatic nitrogens is 2. The van der Waals surface area contributed by atoms with Gasteiger partial charge >= 0.3 is 0 Å². The molecule has 1 fully saturated rings. The lowest BCUT2D eigenvalue weighted by atomic mass is 9.94. The molecule has 1 aliphatic rings. The van der Waals surface area contributed by atoms with Crippen LogP contribution in [0.25, 0.3) is 0 Å². The van der Waals surface area contributed by atoms with Gasteiger partial charge in [-0.15, -0.1) is 0 Å². The molecule has 2 rings (SSSR count). The first-order chi connectivity index (χ1) is 8.70. The molecule has 2 N–H and O–H groups in total. The molecule has 0 spiro atoms. The van der Waals surface area contributed by atoms with Crippen molar-refractivity contribution in [3.05, 3.63) is 12.4 Å². The fourth-order valence-corrected chi connectivity index (χ4v) is 2.73. The van der Waals surface area contributed by atoms with Crippen LogP contribution in [0, 0.1) is 0 Å². The van der Waals surface area contributed by atoms with Gasteiger partial charge in [-0.2, -0.15) is 5.10 Å². The van der Waals surface area contributed by atoms with E-state index in [4.69, 9.17) is 5.73 Å². The number of rotatable bonds is 4. The molecule has 1 amide bonds. The van der Waals surface area contributed by atoms with Gasteiger partial charge in [0, 0.05) is 18.8 Å². The lowest BCUT2D eigenvalue weighted by Gasteiger charge is -2.33. The third-order valence-corrected chi connectivity index (χ3v) is 3.63. The van der Waals surface area contributed by atoms with Gasteiger partial charge in [-0.1, -0.05) is 19.3 Å². The molecule has 0 aliphatic heterocycles. The van der Waals surface area contributed by atoms with Crippen LogP contribution in [0.5, 0.6) is 0 Å². The Morgan fingerprint density at radius 1 is 1.50 bits per heavy atom. The predicted octanol–water partition coefficient (Wildman–Crippen LogP) is 1.65. The molecule has 1 aromatic heterocycles. The monoisotopic (exact) mass is 250 g/mol. The maximum Gasteiger partial charge on any atom is 0.244 e. The predicted molar refractivity (Wildman–Crippen MR) is 70.9 cm³/mol. The van der Waals surface area contributed by atoms with Crippen LogP contribution >= 0.6 is 0 Å². The van der Waals surface area contributed by atoms with Crippen molar-refractivity contribution < 1.29 is 4.79 Å². The van der Waals surface area contributed by atoms with Gasteiger partial charge in [0.2, 0.25) is 5.91 Å². The van der Waals surface area contributed by atoms with Crippen molar-refractivity contribution in [3.8, 4) is 0 Å². The fraction of sp³-hybridized carbons (Fsp3) is 0.692. The molecule has 0 saturated heterocycles. The van der Waals surface area contributed by atoms with Crippen molar-refractivity contribution >= 4 is 11.6 Å². The highest BCUT2D eigenvalue weighted by molar-refractivity contribution is 5.76. The molecule has 0 bridgehead atoms. The summed E-state index contributed by atoms with van der Waals surface area (Å²) in [6, 6.07) is 0.421. The molecule has 18 heavy (non-hydrogen) atoms. The molecule has 1 aliphatic carbocycles. The zero-order valence-corrected chi connectivity index (χ0v) is 11.0. The van der Waals surface area contributed by atoms with Crippen molar-refractivity contribution in [1.82, 2.24) is 14.7 Å². The Morgan fingerprint density at radius 3 is 2.78 bits per heavy atom. The van der Waals surface area contributed by atoms with Crippen LogP contribution in [0.2, 0.25) is 0 Å². The largest absolute Gasteiger partial charge is 0.396 e. The Labute approximate surface area is 108 Å². The van der Waals surface area contributed by atoms with Crippen LogP contribution in [-0.4, -0.2) is 33.2 Å². The quantitative estimate of drug-likeness (QED) is 0.883. The van der Waals surface area contributed by atoms with E-state index in [0.717, 1.165) is 19.4 Å². The van der Waals surface area contributed by atoms with Crippen molar-refractivity contribution in [2.45, 2.75) is 51.6 Å². The van der Waals surface area contributed by atoms with Gasteiger partial charge in [-0.05, 0) is 19.8 Å². The first-order valence-electron chi connectivity index (χ1n) is 6.78. The van der Waals surface area contributed by atoms with Crippen molar-refractivity contribution in [2.75, 3.05) is 12.3 Å². The third kappa shape index (κ3) is 3.03. The number of amides is 1. The van der Waals surface area contributed by atoms with Crippen LogP contribution in [0.1, 0.15) is 39.0 Å². The van der Waals surface area contributed by atoms with E-state index in [1.807, 2.05) is 11.8 Å². The Bertz CT molecular complexity index is 395. The van der Waals surface area contributed by atoms with Crippen molar-refractivity contribution in [1.29, 1.82) is 0 Å². The van der Waals surface area contributed by atoms with Gasteiger partial charge < -0.3 is 10.6 Å². The van der Waals surface area contributed by atoms with E-state index in [1.165, 1.54) is 19.3 Å². The summed E-state index contributed by atoms with van der Waals surface area (Å²) in [5.41, 5.74) is 6.20. The molecular weight excluding hydrogens is 228 g/mol. The number of carbonyl (C=O) groups is 1. The summed E-state index contributed by atoms with van der Waals surface area (Å²) in [6.45, 7) is 3.12. The Kier molecular flexibility index (Phi) is 4.23. The normalized spacial score (nSPS) is 16.7. The SMILES string of the molecule is CCN(C(=O)Cn1cc(N)cn1)C1CCCCC1. The molecule has 0 atom stereocenters. The molecule has 0 unspecified atom stereocenters. The Hall–Kier alpha value is -1.52. The minimum absolute atomic E-state index is 0.146. The summed E-state index contributed by atoms with van der Waals surface area (Å²) < 4.78 is 1.61. The van der Waals surface area contributed by atoms with E-state index in [-0.39, 0.29) is 5.91 Å². The minimum Gasteiger partial charge on any atom is -0.396 e. The average Bonchev–Trinajstić information content (AvgIpc) is 2.77. The molecule has 0 radical (unpaired) electrons. The van der Waals surface area contributed by atoms with Crippen LogP contribution in [0.4, 0.5) is 5.69 Å². The molecular formula is C13H22N4O. The van der Waals surface area contributed by atoms with Crippen LogP contribution in [0.15, 0.2) is 12.4 Å². The highest BCUT2D eigenvalue weighted by atomic mass is 16.2. The number of hydrogen-bond acceptors (Lipinski definition) is 3. The van der Waals surface area contributed by atoms with E-state index in [2.05, 4.69) is 5.10 Å². The van der Waals surface area contributed by atoms with Crippen LogP contribution < -0.4 is 5.73 Å². The maximum absolute atomic E-state index is 12.3. The fourth-order valence-electron chi connectivity index (χ4n) is 2.73. The second-order valence-electron chi connectivity index (χ2n) is 4.94. The van der Waals surface area contributed by atoms with Crippen LogP contribution in [-0.2, 0) is 11.3 Å². The van der Waals surface area contributed by atoms with Crippen LogP contribution in [0.3, 0.4) is 0 Å². The smallest absolute Gasteiger partial charge is 0.244 e. The molecule has 1 heterocycles. The number of nitrogens with zero attached hydrogens (tertiary/aromatic N) is 3. The summed E-state index contributed by atoms with van der Waals surface area (Å²) in [5.74, 6) is 0.146. The average molecular weight is 250 g/mol. The zero-order valence-electron chi connectivity index (χ0n) is 11.0. The standard InChI is InChI=1S/C13H22N4O/c1-2-17(12-6-4-3-5-7-12)13(18)10-16-9-11(14)8-15-16/h8-9,12H,2-7,10,14H2,1H3. The number of anilines is 1. The molecule has 0 aromatic carbocycles. The summed E-state index contributed by atoms with van der Waals surface area (Å²) >= 11 is 0. The summed E-state index contributed by atoms with van der Waals surface area (Å²) in [5, 5.41) is 4.06. The lowest BCUT2D eigenvalue weighted by molar-refractivity contribution is -0.134. The number of nitrogen functional groups attached to an aromatic ring is 1. The second-order valence-corrected chi connectivity index (χ2v) is 4.94. The first-order valence-corrected chi connectivity index (χ1v) is 6.78. The molecule has 5 nitrogen and oxygen atoms in total. The van der Waals surface area contributed by atoms with E-state index < -0.39 is 0 Å². The van der Waals surface area contributed by atoms with Gasteiger partial charge in [0.25, 0.3) is 0 Å². The molecule has 1 saturated carbocycles. The van der Waals surface area contributed by atoms with Gasteiger partial charge in [-0.25, -0.2) is 0 Å². The Balaban J connectivity index is 1.96. The topological polar surface area (TPSA) is 64.2 Å². The van der Waals surface area contributed by atoms with E-state index in [1.54, 1.807) is 17.1 Å². The lowest BCUT2D eigenvalue weighted by Crippen LogP contribution is -2.42. The molecule has 1 aromatic rings.